The average molecular weight is 281 g/mol. The fourth-order valence-corrected chi connectivity index (χ4v) is 4.08. The first-order valence-corrected chi connectivity index (χ1v) is 7.43. The van der Waals surface area contributed by atoms with Gasteiger partial charge in [0.25, 0.3) is 0 Å². The normalized spacial score (nSPS) is 27.0. The van der Waals surface area contributed by atoms with E-state index in [2.05, 4.69) is 24.9 Å². The van der Waals surface area contributed by atoms with E-state index in [1.165, 1.54) is 22.3 Å². The summed E-state index contributed by atoms with van der Waals surface area (Å²) in [6.07, 6.45) is 0.949. The minimum atomic E-state index is 0.193. The van der Waals surface area contributed by atoms with E-state index in [4.69, 9.17) is 0 Å². The number of aromatic hydroxyl groups is 2. The maximum Gasteiger partial charge on any atom is 0.115 e. The van der Waals surface area contributed by atoms with Crippen LogP contribution in [0.1, 0.15) is 41.1 Å². The van der Waals surface area contributed by atoms with Crippen molar-refractivity contribution in [2.45, 2.75) is 31.3 Å². The summed E-state index contributed by atoms with van der Waals surface area (Å²) in [5.41, 5.74) is 5.00. The van der Waals surface area contributed by atoms with Gasteiger partial charge in [-0.05, 0) is 66.9 Å². The molecule has 1 aliphatic carbocycles. The molecule has 3 atom stereocenters. The van der Waals surface area contributed by atoms with Crippen LogP contribution in [0.3, 0.4) is 0 Å². The molecular weight excluding hydrogens is 262 g/mol. The van der Waals surface area contributed by atoms with Crippen molar-refractivity contribution in [3.63, 3.8) is 0 Å². The molecule has 108 valence electrons. The molecule has 3 aliphatic rings. The summed E-state index contributed by atoms with van der Waals surface area (Å²) in [5.74, 6) is 0.825. The molecule has 21 heavy (non-hydrogen) atoms. The Morgan fingerprint density at radius 3 is 2.38 bits per heavy atom. The third-order valence-electron chi connectivity index (χ3n) is 5.26. The van der Waals surface area contributed by atoms with Crippen molar-refractivity contribution in [1.82, 2.24) is 4.90 Å². The smallest absolute Gasteiger partial charge is 0.115 e. The van der Waals surface area contributed by atoms with E-state index in [-0.39, 0.29) is 5.92 Å². The maximum absolute atomic E-state index is 9.90. The lowest BCUT2D eigenvalue weighted by Crippen LogP contribution is -2.41. The van der Waals surface area contributed by atoms with Gasteiger partial charge in [0.15, 0.2) is 0 Å². The van der Waals surface area contributed by atoms with Crippen LogP contribution in [0.5, 0.6) is 11.5 Å². The molecule has 0 radical (unpaired) electrons. The van der Waals surface area contributed by atoms with E-state index in [9.17, 15) is 10.2 Å². The number of phenols is 2. The highest BCUT2D eigenvalue weighted by Crippen LogP contribution is 2.49. The molecule has 2 aromatic rings. The second-order valence-corrected chi connectivity index (χ2v) is 6.30. The van der Waals surface area contributed by atoms with Crippen LogP contribution >= 0.6 is 0 Å². The van der Waals surface area contributed by atoms with Gasteiger partial charge in [0.1, 0.15) is 11.5 Å². The Kier molecular flexibility index (Phi) is 2.57. The minimum absolute atomic E-state index is 0.193. The number of hydrogen-bond acceptors (Lipinski definition) is 3. The van der Waals surface area contributed by atoms with Gasteiger partial charge in [0.2, 0.25) is 0 Å². The lowest BCUT2D eigenvalue weighted by molar-refractivity contribution is 0.160. The first-order chi connectivity index (χ1) is 10.1. The van der Waals surface area contributed by atoms with Crippen LogP contribution < -0.4 is 0 Å². The van der Waals surface area contributed by atoms with Gasteiger partial charge in [-0.15, -0.1) is 0 Å². The third-order valence-corrected chi connectivity index (χ3v) is 5.26. The summed E-state index contributed by atoms with van der Waals surface area (Å²) in [4.78, 5) is 2.42. The molecule has 2 aliphatic heterocycles. The Labute approximate surface area is 124 Å². The predicted molar refractivity (Wildman–Crippen MR) is 81.7 cm³/mol. The second-order valence-electron chi connectivity index (χ2n) is 6.30. The van der Waals surface area contributed by atoms with Gasteiger partial charge in [-0.25, -0.2) is 0 Å². The van der Waals surface area contributed by atoms with Crippen LogP contribution in [0.4, 0.5) is 0 Å². The van der Waals surface area contributed by atoms with E-state index in [1.54, 1.807) is 12.1 Å². The number of likely N-dealkylation sites (N-methyl/N-ethyl adjacent to an activating group) is 1. The van der Waals surface area contributed by atoms with Gasteiger partial charge in [0, 0.05) is 18.0 Å². The van der Waals surface area contributed by atoms with Gasteiger partial charge in [0.05, 0.1) is 0 Å². The van der Waals surface area contributed by atoms with Gasteiger partial charge in [-0.2, -0.15) is 0 Å². The van der Waals surface area contributed by atoms with Crippen LogP contribution in [-0.4, -0.2) is 28.2 Å². The second kappa shape index (κ2) is 4.25. The van der Waals surface area contributed by atoms with Gasteiger partial charge < -0.3 is 10.2 Å². The molecule has 0 saturated carbocycles. The summed E-state index contributed by atoms with van der Waals surface area (Å²) in [5, 5.41) is 19.8. The van der Waals surface area contributed by atoms with Gasteiger partial charge in [-0.3, -0.25) is 4.90 Å². The van der Waals surface area contributed by atoms with Crippen molar-refractivity contribution in [2.24, 2.45) is 0 Å². The van der Waals surface area contributed by atoms with Crippen molar-refractivity contribution < 1.29 is 10.2 Å². The van der Waals surface area contributed by atoms with Crippen molar-refractivity contribution >= 4 is 0 Å². The predicted octanol–water partition coefficient (Wildman–Crippen LogP) is 3.16. The quantitative estimate of drug-likeness (QED) is 0.779. The van der Waals surface area contributed by atoms with E-state index >= 15 is 0 Å². The molecule has 0 spiro atoms. The lowest BCUT2D eigenvalue weighted by atomic mass is 9.79. The van der Waals surface area contributed by atoms with Crippen LogP contribution in [0.15, 0.2) is 36.4 Å². The fourth-order valence-electron chi connectivity index (χ4n) is 4.08. The minimum Gasteiger partial charge on any atom is -0.508 e. The average Bonchev–Trinajstić information content (AvgIpc) is 2.64. The zero-order valence-electron chi connectivity index (χ0n) is 12.2. The monoisotopic (exact) mass is 281 g/mol. The summed E-state index contributed by atoms with van der Waals surface area (Å²) in [6, 6.07) is 12.1. The SMILES string of the molecule is C[C@@H]1[C@H]2c3cc(O)ccc3C[C@@H](c3ccc(O)cc32)N1C. The molecule has 3 heteroatoms. The Hall–Kier alpha value is -2.00. The molecule has 5 rings (SSSR count). The maximum atomic E-state index is 9.90. The summed E-state index contributed by atoms with van der Waals surface area (Å²) in [6.45, 7) is 2.23. The first kappa shape index (κ1) is 12.7. The molecule has 2 heterocycles. The number of hydrogen-bond donors (Lipinski definition) is 2. The molecule has 2 N–H and O–H groups in total. The van der Waals surface area contributed by atoms with Crippen molar-refractivity contribution in [3.8, 4) is 11.5 Å². The van der Waals surface area contributed by atoms with E-state index in [1.807, 2.05) is 18.2 Å². The molecular formula is C18H19NO2. The Balaban J connectivity index is 2.03. The van der Waals surface area contributed by atoms with Gasteiger partial charge >= 0.3 is 0 Å². The Morgan fingerprint density at radius 2 is 1.62 bits per heavy atom. The molecule has 0 fully saturated rings. The fraction of sp³-hybridized carbons (Fsp3) is 0.333. The molecule has 2 bridgehead atoms. The summed E-state index contributed by atoms with van der Waals surface area (Å²) >= 11 is 0. The Morgan fingerprint density at radius 1 is 0.952 bits per heavy atom. The summed E-state index contributed by atoms with van der Waals surface area (Å²) in [7, 11) is 2.17. The van der Waals surface area contributed by atoms with E-state index in [0.29, 0.717) is 23.6 Å². The van der Waals surface area contributed by atoms with Crippen LogP contribution in [-0.2, 0) is 6.42 Å². The molecule has 0 saturated heterocycles. The molecule has 0 amide bonds. The van der Waals surface area contributed by atoms with Crippen molar-refractivity contribution in [1.29, 1.82) is 0 Å². The standard InChI is InChI=1S/C18H19NO2/c1-10-18-15-8-12(20)4-3-11(15)7-17(19(10)2)14-6-5-13(21)9-16(14)18/h3-6,8-10,17-18,20-21H,7H2,1-2H3/t10-,17+,18+/m1/s1. The molecule has 2 aromatic carbocycles. The van der Waals surface area contributed by atoms with E-state index in [0.717, 1.165) is 6.42 Å². The Bertz CT molecular complexity index is 725. The topological polar surface area (TPSA) is 43.7 Å². The van der Waals surface area contributed by atoms with E-state index < -0.39 is 0 Å². The first-order valence-electron chi connectivity index (χ1n) is 7.43. The number of rotatable bonds is 0. The zero-order chi connectivity index (χ0) is 14.7. The molecule has 3 nitrogen and oxygen atoms in total. The van der Waals surface area contributed by atoms with Crippen molar-refractivity contribution in [2.75, 3.05) is 7.05 Å². The highest BCUT2D eigenvalue weighted by atomic mass is 16.3. The van der Waals surface area contributed by atoms with Crippen LogP contribution in [0.25, 0.3) is 0 Å². The molecule has 0 aromatic heterocycles. The number of fused-ring (bicyclic) bond motifs is 1. The number of benzene rings is 2. The zero-order valence-corrected chi connectivity index (χ0v) is 12.2. The number of phenolic OH excluding ortho intramolecular Hbond substituents is 2. The van der Waals surface area contributed by atoms with Gasteiger partial charge in [-0.1, -0.05) is 12.1 Å². The summed E-state index contributed by atoms with van der Waals surface area (Å²) < 4.78 is 0. The third kappa shape index (κ3) is 1.70. The van der Waals surface area contributed by atoms with Crippen LogP contribution in [0, 0.1) is 0 Å². The largest absolute Gasteiger partial charge is 0.508 e. The van der Waals surface area contributed by atoms with Crippen LogP contribution in [0.2, 0.25) is 0 Å². The number of nitrogens with zero attached hydrogens (tertiary/aromatic N) is 1. The van der Waals surface area contributed by atoms with Crippen molar-refractivity contribution in [3.05, 3.63) is 58.7 Å². The highest BCUT2D eigenvalue weighted by molar-refractivity contribution is 5.53. The molecule has 0 unspecified atom stereocenters. The lowest BCUT2D eigenvalue weighted by Gasteiger charge is -2.41. The highest BCUT2D eigenvalue weighted by Gasteiger charge is 2.41.